The van der Waals surface area contributed by atoms with Crippen molar-refractivity contribution in [2.24, 2.45) is 0 Å². The van der Waals surface area contributed by atoms with Crippen LogP contribution in [0.25, 0.3) is 20.8 Å². The van der Waals surface area contributed by atoms with Gasteiger partial charge in [0.15, 0.2) is 0 Å². The minimum atomic E-state index is -0.915. The van der Waals surface area contributed by atoms with E-state index in [1.165, 1.54) is 16.2 Å². The van der Waals surface area contributed by atoms with Crippen LogP contribution >= 0.6 is 22.9 Å². The smallest absolute Gasteiger partial charge is 0.407 e. The summed E-state index contributed by atoms with van der Waals surface area (Å²) in [5.74, 6) is 1.51. The summed E-state index contributed by atoms with van der Waals surface area (Å²) >= 11 is 7.86. The van der Waals surface area contributed by atoms with Crippen LogP contribution in [0.4, 0.5) is 16.6 Å². The van der Waals surface area contributed by atoms with Gasteiger partial charge in [-0.2, -0.15) is 9.97 Å². The fraction of sp³-hybridized carbons (Fsp3) is 0.455. The molecule has 2 saturated heterocycles. The molecular formula is C22H25ClN6O4S. The van der Waals surface area contributed by atoms with E-state index >= 15 is 0 Å². The van der Waals surface area contributed by atoms with Crippen molar-refractivity contribution in [2.75, 3.05) is 56.7 Å². The highest BCUT2D eigenvalue weighted by Gasteiger charge is 2.28. The third-order valence-electron chi connectivity index (χ3n) is 5.96. The molecule has 0 unspecified atom stereocenters. The predicted molar refractivity (Wildman–Crippen MR) is 131 cm³/mol. The van der Waals surface area contributed by atoms with Crippen LogP contribution in [-0.4, -0.2) is 83.6 Å². The van der Waals surface area contributed by atoms with Gasteiger partial charge in [-0.05, 0) is 25.0 Å². The number of carboxylic acid groups (broad SMARTS) is 1. The molecule has 180 valence electrons. The molecule has 0 spiro atoms. The van der Waals surface area contributed by atoms with Crippen LogP contribution in [-0.2, 0) is 4.74 Å². The first-order valence-corrected chi connectivity index (χ1v) is 12.3. The lowest BCUT2D eigenvalue weighted by Gasteiger charge is -2.32. The standard InChI is InChI=1S/C22H25ClN6O4S/c1-32-19-16(20-25-15-6-2-5-14(23)17(15)34-20)18(24-13-4-3-7-29(12-13)22(30)31)26-21(27-19)28-8-10-33-11-9-28/h2,5-6,13H,3-4,7-12H2,1H3,(H,30,31)(H,24,26,27)/t13-/m1/s1. The summed E-state index contributed by atoms with van der Waals surface area (Å²) in [5, 5.41) is 14.3. The van der Waals surface area contributed by atoms with Crippen molar-refractivity contribution in [1.29, 1.82) is 0 Å². The number of morpholine rings is 1. The van der Waals surface area contributed by atoms with E-state index in [1.54, 1.807) is 7.11 Å². The number of carbonyl (C=O) groups is 1. The maximum absolute atomic E-state index is 11.5. The third kappa shape index (κ3) is 4.55. The van der Waals surface area contributed by atoms with Gasteiger partial charge in [-0.15, -0.1) is 11.3 Å². The summed E-state index contributed by atoms with van der Waals surface area (Å²) < 4.78 is 12.1. The average molecular weight is 505 g/mol. The first kappa shape index (κ1) is 22.9. The molecule has 1 amide bonds. The minimum absolute atomic E-state index is 0.0984. The summed E-state index contributed by atoms with van der Waals surface area (Å²) in [4.78, 5) is 29.4. The molecule has 12 heteroatoms. The Labute approximate surface area is 205 Å². The molecule has 0 radical (unpaired) electrons. The van der Waals surface area contributed by atoms with Crippen LogP contribution in [0.3, 0.4) is 0 Å². The van der Waals surface area contributed by atoms with Gasteiger partial charge in [-0.25, -0.2) is 9.78 Å². The van der Waals surface area contributed by atoms with Gasteiger partial charge in [0.25, 0.3) is 0 Å². The molecule has 0 bridgehead atoms. The fourth-order valence-electron chi connectivity index (χ4n) is 4.26. The number of amides is 1. The molecule has 5 rings (SSSR count). The third-order valence-corrected chi connectivity index (χ3v) is 7.51. The molecule has 1 atom stereocenters. The van der Waals surface area contributed by atoms with Gasteiger partial charge in [0, 0.05) is 32.2 Å². The number of nitrogens with one attached hydrogen (secondary N) is 1. The van der Waals surface area contributed by atoms with Crippen LogP contribution in [0.2, 0.25) is 5.02 Å². The van der Waals surface area contributed by atoms with Gasteiger partial charge in [0.2, 0.25) is 11.8 Å². The molecule has 3 aromatic rings. The summed E-state index contributed by atoms with van der Waals surface area (Å²) in [5.41, 5.74) is 1.43. The zero-order valence-electron chi connectivity index (χ0n) is 18.7. The van der Waals surface area contributed by atoms with Crippen molar-refractivity contribution in [2.45, 2.75) is 18.9 Å². The van der Waals surface area contributed by atoms with Crippen LogP contribution in [0.5, 0.6) is 5.88 Å². The number of thiazole rings is 1. The molecule has 0 saturated carbocycles. The number of hydrogen-bond acceptors (Lipinski definition) is 9. The number of benzene rings is 1. The molecular weight excluding hydrogens is 480 g/mol. The highest BCUT2D eigenvalue weighted by Crippen LogP contribution is 2.42. The Kier molecular flexibility index (Phi) is 6.57. The lowest BCUT2D eigenvalue weighted by atomic mass is 10.1. The van der Waals surface area contributed by atoms with Gasteiger partial charge >= 0.3 is 6.09 Å². The van der Waals surface area contributed by atoms with E-state index < -0.39 is 6.09 Å². The van der Waals surface area contributed by atoms with E-state index in [4.69, 9.17) is 36.0 Å². The van der Waals surface area contributed by atoms with E-state index in [2.05, 4.69) is 10.2 Å². The number of rotatable bonds is 5. The van der Waals surface area contributed by atoms with Crippen molar-refractivity contribution in [3.63, 3.8) is 0 Å². The quantitative estimate of drug-likeness (QED) is 0.535. The summed E-state index contributed by atoms with van der Waals surface area (Å²) in [6, 6.07) is 5.52. The molecule has 1 aromatic carbocycles. The molecule has 2 fully saturated rings. The normalized spacial score (nSPS) is 18.8. The SMILES string of the molecule is COc1nc(N2CCOCC2)nc(N[C@@H]2CCCN(C(=O)O)C2)c1-c1nc2cccc(Cl)c2s1. The van der Waals surface area contributed by atoms with Crippen LogP contribution < -0.4 is 15.0 Å². The monoisotopic (exact) mass is 504 g/mol. The number of nitrogens with zero attached hydrogens (tertiary/aromatic N) is 5. The second kappa shape index (κ2) is 9.77. The Morgan fingerprint density at radius 1 is 1.26 bits per heavy atom. The molecule has 2 aliphatic rings. The van der Waals surface area contributed by atoms with Gasteiger partial charge in [-0.1, -0.05) is 17.7 Å². The number of methoxy groups -OCH3 is 1. The van der Waals surface area contributed by atoms with E-state index in [1.807, 2.05) is 18.2 Å². The van der Waals surface area contributed by atoms with Gasteiger partial charge in [-0.3, -0.25) is 0 Å². The van der Waals surface area contributed by atoms with Gasteiger partial charge in [0.1, 0.15) is 16.4 Å². The molecule has 10 nitrogen and oxygen atoms in total. The first-order valence-electron chi connectivity index (χ1n) is 11.1. The number of fused-ring (bicyclic) bond motifs is 1. The zero-order valence-corrected chi connectivity index (χ0v) is 20.2. The second-order valence-electron chi connectivity index (χ2n) is 8.18. The number of halogens is 1. The Balaban J connectivity index is 1.59. The van der Waals surface area contributed by atoms with E-state index in [0.717, 1.165) is 23.1 Å². The molecule has 34 heavy (non-hydrogen) atoms. The van der Waals surface area contributed by atoms with Crippen molar-refractivity contribution in [3.05, 3.63) is 23.2 Å². The van der Waals surface area contributed by atoms with E-state index in [-0.39, 0.29) is 6.04 Å². The van der Waals surface area contributed by atoms with Crippen molar-refractivity contribution < 1.29 is 19.4 Å². The zero-order chi connectivity index (χ0) is 23.7. The number of hydrogen-bond donors (Lipinski definition) is 2. The van der Waals surface area contributed by atoms with E-state index in [9.17, 15) is 9.90 Å². The molecule has 4 heterocycles. The minimum Gasteiger partial charge on any atom is -0.480 e. The van der Waals surface area contributed by atoms with Crippen LogP contribution in [0.15, 0.2) is 18.2 Å². The number of likely N-dealkylation sites (tertiary alicyclic amines) is 1. The maximum atomic E-state index is 11.5. The van der Waals surface area contributed by atoms with Crippen molar-refractivity contribution in [3.8, 4) is 16.5 Å². The average Bonchev–Trinajstić information content (AvgIpc) is 3.29. The Hall–Kier alpha value is -2.89. The van der Waals surface area contributed by atoms with E-state index in [0.29, 0.717) is 72.6 Å². The van der Waals surface area contributed by atoms with Gasteiger partial charge in [0.05, 0.1) is 35.6 Å². The largest absolute Gasteiger partial charge is 0.480 e. The highest BCUT2D eigenvalue weighted by molar-refractivity contribution is 7.22. The number of aromatic nitrogens is 3. The number of anilines is 2. The lowest BCUT2D eigenvalue weighted by molar-refractivity contribution is 0.122. The van der Waals surface area contributed by atoms with Gasteiger partial charge < -0.3 is 29.7 Å². The summed E-state index contributed by atoms with van der Waals surface area (Å²) in [6.07, 6.45) is 0.685. The lowest BCUT2D eigenvalue weighted by Crippen LogP contribution is -2.44. The Bertz CT molecular complexity index is 1200. The summed E-state index contributed by atoms with van der Waals surface area (Å²) in [7, 11) is 1.58. The fourth-order valence-corrected chi connectivity index (χ4v) is 5.56. The molecule has 2 aromatic heterocycles. The Morgan fingerprint density at radius 2 is 2.09 bits per heavy atom. The molecule has 0 aliphatic carbocycles. The topological polar surface area (TPSA) is 113 Å². The van der Waals surface area contributed by atoms with Crippen molar-refractivity contribution >= 4 is 51.0 Å². The van der Waals surface area contributed by atoms with Crippen LogP contribution in [0, 0.1) is 0 Å². The molecule has 2 N–H and O–H groups in total. The Morgan fingerprint density at radius 3 is 2.82 bits per heavy atom. The first-order chi connectivity index (χ1) is 16.5. The maximum Gasteiger partial charge on any atom is 0.407 e. The van der Waals surface area contributed by atoms with Crippen molar-refractivity contribution in [1.82, 2.24) is 19.9 Å². The van der Waals surface area contributed by atoms with Crippen LogP contribution in [0.1, 0.15) is 12.8 Å². The number of ether oxygens (including phenoxy) is 2. The highest BCUT2D eigenvalue weighted by atomic mass is 35.5. The molecule has 2 aliphatic heterocycles. The summed E-state index contributed by atoms with van der Waals surface area (Å²) in [6.45, 7) is 3.46. The second-order valence-corrected chi connectivity index (χ2v) is 9.58. The number of piperidine rings is 1. The predicted octanol–water partition coefficient (Wildman–Crippen LogP) is 3.81.